The van der Waals surface area contributed by atoms with Crippen molar-refractivity contribution in [3.05, 3.63) is 87.9 Å². The van der Waals surface area contributed by atoms with Crippen LogP contribution in [0.4, 0.5) is 5.69 Å². The van der Waals surface area contributed by atoms with Gasteiger partial charge in [0, 0.05) is 60.2 Å². The summed E-state index contributed by atoms with van der Waals surface area (Å²) in [5.41, 5.74) is 3.10. The minimum Gasteiger partial charge on any atom is -0.492 e. The Morgan fingerprint density at radius 3 is 2.29 bits per heavy atom. The van der Waals surface area contributed by atoms with Gasteiger partial charge < -0.3 is 20.0 Å². The number of sulfonamides is 2. The maximum atomic E-state index is 12.4. The molecule has 1 aliphatic rings. The molecule has 348 valence electrons. The molecular weight excluding hydrogens is 943 g/mol. The molecular formula is C42H48N5O13S5+. The number of nitrogens with zero attached hydrogens (tertiary/aromatic N) is 3. The standard InChI is InChI=1S/C42H47N5O13S5/c1-4-25-64(55,56)44-36(48)11-8-10-24-46-33-18-16-31(65(57,58)59)28-35(33)62-41(46)22-15-29(5-2)14-21-40-45(23-9-6-7-12-42(52)60-47-38(50)19-20-39(47)51)32-17-13-30(26-34(32)61-40)27-37(49)43-63(3,53)54/h13-22,26,28H,5-12,23-24,27H2,1-3H3,(H4-,43,44,48,49,50,51,57,58,59)/p+1. The number of fused-ring (bicyclic) bond motifs is 2. The van der Waals surface area contributed by atoms with Gasteiger partial charge >= 0.3 is 16.0 Å². The van der Waals surface area contributed by atoms with E-state index in [1.54, 1.807) is 12.1 Å². The molecule has 0 aliphatic carbocycles. The number of aryl methyl sites for hydroxylation is 1. The SMILES string of the molecule is CC#CS(=O)(=O)NC(=O)CCCCN1C(=CC=C(C=Cc2sc3cc(CC(=O)NS(C)(=O)=O)ccc3[n+]2CCCCCC(=O)On2c(O)ccc2O)CC)Sc2cc(S(=O)(=O)O)ccc21. The molecule has 0 unspecified atom stereocenters. The van der Waals surface area contributed by atoms with Gasteiger partial charge in [0.15, 0.2) is 6.54 Å². The monoisotopic (exact) mass is 990 g/mol. The van der Waals surface area contributed by atoms with E-state index in [0.29, 0.717) is 72.5 Å². The van der Waals surface area contributed by atoms with Crippen molar-refractivity contribution in [3.63, 3.8) is 0 Å². The van der Waals surface area contributed by atoms with Crippen LogP contribution in [-0.2, 0) is 57.5 Å². The van der Waals surface area contributed by atoms with Gasteiger partial charge in [0.25, 0.3) is 15.1 Å². The molecule has 0 saturated carbocycles. The predicted octanol–water partition coefficient (Wildman–Crippen LogP) is 4.88. The highest BCUT2D eigenvalue weighted by molar-refractivity contribution is 8.03. The minimum absolute atomic E-state index is 0.0408. The van der Waals surface area contributed by atoms with Gasteiger partial charge in [-0.25, -0.2) is 17.9 Å². The van der Waals surface area contributed by atoms with Gasteiger partial charge in [0.2, 0.25) is 39.1 Å². The fraction of sp³-hybridized carbons (Fsp3) is 0.333. The summed E-state index contributed by atoms with van der Waals surface area (Å²) < 4.78 is 88.1. The van der Waals surface area contributed by atoms with E-state index in [9.17, 15) is 54.4 Å². The van der Waals surface area contributed by atoms with Crippen LogP contribution in [0.1, 0.15) is 75.8 Å². The minimum atomic E-state index is -4.48. The van der Waals surface area contributed by atoms with Crippen LogP contribution in [-0.4, -0.2) is 75.3 Å². The van der Waals surface area contributed by atoms with Gasteiger partial charge in [-0.05, 0) is 80.5 Å². The van der Waals surface area contributed by atoms with Crippen molar-refractivity contribution in [2.24, 2.45) is 0 Å². The van der Waals surface area contributed by atoms with Crippen LogP contribution in [0, 0.1) is 11.2 Å². The molecule has 3 heterocycles. The number of carbonyl (C=O) groups is 3. The van der Waals surface area contributed by atoms with Crippen molar-refractivity contribution >= 4 is 93.0 Å². The number of aromatic nitrogens is 2. The van der Waals surface area contributed by atoms with Crippen LogP contribution in [0.5, 0.6) is 11.8 Å². The summed E-state index contributed by atoms with van der Waals surface area (Å²) in [5, 5.41) is 23.1. The van der Waals surface area contributed by atoms with E-state index in [1.165, 1.54) is 54.3 Å². The summed E-state index contributed by atoms with van der Waals surface area (Å²) in [6.45, 7) is 4.28. The van der Waals surface area contributed by atoms with Crippen molar-refractivity contribution in [2.75, 3.05) is 17.7 Å². The highest BCUT2D eigenvalue weighted by Gasteiger charge is 2.27. The van der Waals surface area contributed by atoms with Gasteiger partial charge in [0.05, 0.1) is 28.3 Å². The molecule has 0 saturated heterocycles. The lowest BCUT2D eigenvalue weighted by atomic mass is 10.1. The zero-order valence-electron chi connectivity index (χ0n) is 35.5. The molecule has 0 atom stereocenters. The number of anilines is 1. The fourth-order valence-electron chi connectivity index (χ4n) is 6.57. The number of rotatable bonds is 21. The van der Waals surface area contributed by atoms with E-state index < -0.39 is 59.7 Å². The third-order valence-corrected chi connectivity index (χ3v) is 14.2. The summed E-state index contributed by atoms with van der Waals surface area (Å²) in [6.07, 6.45) is 11.7. The Bertz CT molecular complexity index is 2940. The summed E-state index contributed by atoms with van der Waals surface area (Å²) in [6, 6.07) is 12.1. The fourth-order valence-corrected chi connectivity index (χ4v) is 10.6. The number of nitrogens with one attached hydrogen (secondary N) is 2. The van der Waals surface area contributed by atoms with Gasteiger partial charge in [-0.2, -0.15) is 21.4 Å². The highest BCUT2D eigenvalue weighted by atomic mass is 32.2. The van der Waals surface area contributed by atoms with Crippen LogP contribution in [0.15, 0.2) is 87.2 Å². The molecule has 4 aromatic rings. The van der Waals surface area contributed by atoms with Crippen molar-refractivity contribution in [2.45, 2.75) is 88.0 Å². The zero-order valence-corrected chi connectivity index (χ0v) is 39.6. The first kappa shape index (κ1) is 50.4. The first-order chi connectivity index (χ1) is 30.7. The van der Waals surface area contributed by atoms with Crippen molar-refractivity contribution in [3.8, 4) is 22.9 Å². The third kappa shape index (κ3) is 14.7. The average Bonchev–Trinajstić information content (AvgIpc) is 3.85. The first-order valence-corrected chi connectivity index (χ1v) is 26.5. The van der Waals surface area contributed by atoms with Gasteiger partial charge in [-0.15, -0.1) is 4.73 Å². The Kier molecular flexibility index (Phi) is 17.1. The summed E-state index contributed by atoms with van der Waals surface area (Å²) >= 11 is 2.77. The lowest BCUT2D eigenvalue weighted by molar-refractivity contribution is -0.669. The van der Waals surface area contributed by atoms with E-state index in [0.717, 1.165) is 32.1 Å². The van der Waals surface area contributed by atoms with Crippen LogP contribution in [0.2, 0.25) is 0 Å². The quantitative estimate of drug-likeness (QED) is 0.0245. The Morgan fingerprint density at radius 1 is 0.892 bits per heavy atom. The number of thiazole rings is 1. The molecule has 23 heteroatoms. The second-order valence-electron chi connectivity index (χ2n) is 14.6. The summed E-state index contributed by atoms with van der Waals surface area (Å²) in [7, 11) is -12.3. The van der Waals surface area contributed by atoms with E-state index in [4.69, 9.17) is 4.84 Å². The van der Waals surface area contributed by atoms with Crippen molar-refractivity contribution in [1.82, 2.24) is 14.2 Å². The number of aromatic hydroxyl groups is 2. The van der Waals surface area contributed by atoms with Gasteiger partial charge in [0.1, 0.15) is 4.70 Å². The number of amides is 2. The number of benzene rings is 2. The molecule has 0 fully saturated rings. The van der Waals surface area contributed by atoms with E-state index in [2.05, 4.69) is 10.5 Å². The molecule has 18 nitrogen and oxygen atoms in total. The summed E-state index contributed by atoms with van der Waals surface area (Å²) in [5.74, 6) is -0.560. The van der Waals surface area contributed by atoms with Crippen molar-refractivity contribution < 1.29 is 63.8 Å². The molecule has 2 aromatic heterocycles. The topological polar surface area (TPSA) is 260 Å². The Morgan fingerprint density at radius 2 is 1.62 bits per heavy atom. The van der Waals surface area contributed by atoms with E-state index >= 15 is 0 Å². The zero-order chi connectivity index (χ0) is 47.5. The second kappa shape index (κ2) is 22.0. The Balaban J connectivity index is 1.36. The molecule has 0 spiro atoms. The molecule has 1 aliphatic heterocycles. The smallest absolute Gasteiger partial charge is 0.333 e. The maximum Gasteiger partial charge on any atom is 0.333 e. The normalized spacial score (nSPS) is 13.8. The predicted molar refractivity (Wildman–Crippen MR) is 246 cm³/mol. The summed E-state index contributed by atoms with van der Waals surface area (Å²) in [4.78, 5) is 44.4. The lowest BCUT2D eigenvalue weighted by Gasteiger charge is -2.20. The van der Waals surface area contributed by atoms with Gasteiger partial charge in [-0.3, -0.25) is 18.9 Å². The lowest BCUT2D eigenvalue weighted by Crippen LogP contribution is -2.35. The van der Waals surface area contributed by atoms with E-state index in [-0.39, 0.29) is 24.2 Å². The number of unbranched alkanes of at least 4 members (excludes halogenated alkanes) is 3. The number of carbonyl (C=O) groups excluding carboxylic acids is 3. The van der Waals surface area contributed by atoms with Crippen LogP contribution in [0.25, 0.3) is 16.3 Å². The van der Waals surface area contributed by atoms with Crippen LogP contribution < -0.4 is 23.7 Å². The number of hydrogen-bond donors (Lipinski definition) is 5. The molecule has 5 rings (SSSR count). The number of hydrogen-bond acceptors (Lipinski definition) is 15. The van der Waals surface area contributed by atoms with E-state index in [1.807, 2.05) is 63.0 Å². The molecule has 2 amide bonds. The molecule has 0 radical (unpaired) electrons. The molecule has 5 N–H and O–H groups in total. The highest BCUT2D eigenvalue weighted by Crippen LogP contribution is 2.47. The average molecular weight is 991 g/mol. The molecule has 0 bridgehead atoms. The van der Waals surface area contributed by atoms with Gasteiger partial charge in [-0.1, -0.05) is 54.2 Å². The molecule has 65 heavy (non-hydrogen) atoms. The van der Waals surface area contributed by atoms with Crippen LogP contribution >= 0.6 is 23.1 Å². The van der Waals surface area contributed by atoms with Crippen molar-refractivity contribution in [1.29, 1.82) is 0 Å². The largest absolute Gasteiger partial charge is 0.492 e. The Labute approximate surface area is 385 Å². The van der Waals surface area contributed by atoms with Crippen LogP contribution in [0.3, 0.4) is 0 Å². The number of allylic oxidation sites excluding steroid dienone is 4. The Hall–Kier alpha value is -5.64. The molecule has 2 aromatic carbocycles. The second-order valence-corrected chi connectivity index (χ2v) is 21.3. The first-order valence-electron chi connectivity index (χ1n) is 20.1. The third-order valence-electron chi connectivity index (χ3n) is 9.52. The number of thioether (sulfide) groups is 1. The maximum absolute atomic E-state index is 12.4.